The summed E-state index contributed by atoms with van der Waals surface area (Å²) >= 11 is 0. The van der Waals surface area contributed by atoms with Crippen molar-refractivity contribution in [1.82, 2.24) is 24.5 Å². The van der Waals surface area contributed by atoms with Crippen LogP contribution in [0.1, 0.15) is 31.1 Å². The van der Waals surface area contributed by atoms with E-state index in [0.29, 0.717) is 18.1 Å². The molecule has 0 saturated heterocycles. The summed E-state index contributed by atoms with van der Waals surface area (Å²) in [5.74, 6) is 1.54. The minimum Gasteiger partial charge on any atom is -0.493 e. The van der Waals surface area contributed by atoms with E-state index in [0.717, 1.165) is 29.0 Å². The van der Waals surface area contributed by atoms with E-state index in [1.807, 2.05) is 29.1 Å². The monoisotopic (exact) mass is 307 g/mol. The fourth-order valence-corrected chi connectivity index (χ4v) is 2.84. The number of hydrogen-bond donors (Lipinski definition) is 0. The van der Waals surface area contributed by atoms with Gasteiger partial charge in [0.15, 0.2) is 0 Å². The van der Waals surface area contributed by atoms with Crippen LogP contribution in [0.3, 0.4) is 0 Å². The maximum atomic E-state index is 5.95. The first-order valence-corrected chi connectivity index (χ1v) is 7.64. The van der Waals surface area contributed by atoms with Crippen LogP contribution in [0.5, 0.6) is 5.75 Å². The number of ether oxygens (including phenoxy) is 1. The predicted molar refractivity (Wildman–Crippen MR) is 85.6 cm³/mol. The van der Waals surface area contributed by atoms with Crippen molar-refractivity contribution >= 4 is 0 Å². The van der Waals surface area contributed by atoms with Gasteiger partial charge < -0.3 is 4.74 Å². The highest BCUT2D eigenvalue weighted by atomic mass is 16.5. The summed E-state index contributed by atoms with van der Waals surface area (Å²) < 4.78 is 9.44. The van der Waals surface area contributed by atoms with E-state index >= 15 is 0 Å². The van der Waals surface area contributed by atoms with Gasteiger partial charge in [0.1, 0.15) is 12.1 Å². The predicted octanol–water partition coefficient (Wildman–Crippen LogP) is 2.71. The second-order valence-electron chi connectivity index (χ2n) is 5.89. The summed E-state index contributed by atoms with van der Waals surface area (Å²) in [5, 5.41) is 8.97. The number of rotatable bonds is 2. The van der Waals surface area contributed by atoms with Gasteiger partial charge in [-0.3, -0.25) is 0 Å². The van der Waals surface area contributed by atoms with Crippen molar-refractivity contribution in [2.45, 2.75) is 26.3 Å². The molecule has 116 valence electrons. The van der Waals surface area contributed by atoms with Crippen LogP contribution in [0.4, 0.5) is 0 Å². The molecule has 0 unspecified atom stereocenters. The van der Waals surface area contributed by atoms with Crippen molar-refractivity contribution in [2.75, 3.05) is 6.61 Å². The van der Waals surface area contributed by atoms with Gasteiger partial charge in [-0.15, -0.1) is 0 Å². The van der Waals surface area contributed by atoms with Crippen molar-refractivity contribution in [3.05, 3.63) is 48.9 Å². The maximum Gasteiger partial charge on any atom is 0.249 e. The van der Waals surface area contributed by atoms with Crippen LogP contribution in [-0.4, -0.2) is 31.2 Å². The second kappa shape index (κ2) is 5.22. The molecule has 1 aliphatic rings. The average Bonchev–Trinajstić information content (AvgIpc) is 3.12. The van der Waals surface area contributed by atoms with Gasteiger partial charge in [0.2, 0.25) is 5.95 Å². The standard InChI is InChI=1S/C17H17N5O/c1-11(2)22-17(18-10-19-22)21-9-14-13-8-12(3)4-5-16(13)23-7-6-15(14)20-21/h3-5,8-11H,6-7H2,1-2H3. The Morgan fingerprint density at radius 3 is 2.96 bits per heavy atom. The number of fused-ring (bicyclic) bond motifs is 3. The van der Waals surface area contributed by atoms with Crippen LogP contribution in [0.15, 0.2) is 30.7 Å². The SMILES string of the molecule is [CH]c1ccc2c(c1)-c1cn(-c3ncnn3C(C)C)nc1CCO2. The summed E-state index contributed by atoms with van der Waals surface area (Å²) in [6.45, 7) is 10.7. The lowest BCUT2D eigenvalue weighted by Gasteiger charge is -2.09. The topological polar surface area (TPSA) is 57.8 Å². The van der Waals surface area contributed by atoms with Crippen molar-refractivity contribution < 1.29 is 4.74 Å². The highest BCUT2D eigenvalue weighted by Gasteiger charge is 2.21. The first kappa shape index (κ1) is 14.0. The molecular weight excluding hydrogens is 290 g/mol. The summed E-state index contributed by atoms with van der Waals surface area (Å²) in [7, 11) is 0. The fraction of sp³-hybridized carbons (Fsp3) is 0.294. The van der Waals surface area contributed by atoms with Gasteiger partial charge in [0.25, 0.3) is 0 Å². The first-order valence-electron chi connectivity index (χ1n) is 7.64. The molecule has 23 heavy (non-hydrogen) atoms. The Balaban J connectivity index is 1.87. The van der Waals surface area contributed by atoms with Gasteiger partial charge in [-0.2, -0.15) is 15.2 Å². The molecule has 0 spiro atoms. The Labute approximate surface area is 134 Å². The molecule has 0 N–H and O–H groups in total. The largest absolute Gasteiger partial charge is 0.493 e. The molecule has 0 amide bonds. The van der Waals surface area contributed by atoms with Gasteiger partial charge in [-0.25, -0.2) is 9.36 Å². The summed E-state index contributed by atoms with van der Waals surface area (Å²) in [6, 6.07) is 5.90. The van der Waals surface area contributed by atoms with Crippen LogP contribution in [0.25, 0.3) is 17.1 Å². The molecule has 0 atom stereocenters. The van der Waals surface area contributed by atoms with Crippen molar-refractivity contribution in [2.24, 2.45) is 0 Å². The summed E-state index contributed by atoms with van der Waals surface area (Å²) in [6.07, 6.45) is 4.27. The molecule has 1 aromatic carbocycles. The van der Waals surface area contributed by atoms with Crippen LogP contribution in [0, 0.1) is 6.92 Å². The lowest BCUT2D eigenvalue weighted by molar-refractivity contribution is 0.324. The van der Waals surface area contributed by atoms with Crippen molar-refractivity contribution in [3.63, 3.8) is 0 Å². The summed E-state index contributed by atoms with van der Waals surface area (Å²) in [4.78, 5) is 4.34. The Kier molecular flexibility index (Phi) is 3.18. The molecule has 6 heteroatoms. The van der Waals surface area contributed by atoms with Crippen LogP contribution < -0.4 is 4.74 Å². The molecule has 4 rings (SSSR count). The highest BCUT2D eigenvalue weighted by Crippen LogP contribution is 2.36. The molecule has 1 aliphatic heterocycles. The number of aromatic nitrogens is 5. The number of nitrogens with zero attached hydrogens (tertiary/aromatic N) is 5. The molecule has 3 heterocycles. The zero-order chi connectivity index (χ0) is 16.0. The van der Waals surface area contributed by atoms with Gasteiger partial charge in [0.05, 0.1) is 18.3 Å². The van der Waals surface area contributed by atoms with Gasteiger partial charge >= 0.3 is 0 Å². The van der Waals surface area contributed by atoms with E-state index < -0.39 is 0 Å². The van der Waals surface area contributed by atoms with Crippen LogP contribution in [0.2, 0.25) is 0 Å². The highest BCUT2D eigenvalue weighted by molar-refractivity contribution is 5.73. The number of hydrogen-bond acceptors (Lipinski definition) is 4. The third-order valence-electron chi connectivity index (χ3n) is 3.93. The molecule has 2 radical (unpaired) electrons. The molecule has 2 aromatic heterocycles. The first-order chi connectivity index (χ1) is 11.1. The van der Waals surface area contributed by atoms with E-state index in [-0.39, 0.29) is 6.04 Å². The normalized spacial score (nSPS) is 13.4. The molecule has 0 saturated carbocycles. The zero-order valence-corrected chi connectivity index (χ0v) is 13.1. The minimum absolute atomic E-state index is 0.211. The third-order valence-corrected chi connectivity index (χ3v) is 3.93. The molecule has 0 aliphatic carbocycles. The Morgan fingerprint density at radius 1 is 1.26 bits per heavy atom. The second-order valence-corrected chi connectivity index (χ2v) is 5.89. The van der Waals surface area contributed by atoms with E-state index in [4.69, 9.17) is 16.8 Å². The quantitative estimate of drug-likeness (QED) is 0.730. The van der Waals surface area contributed by atoms with Crippen molar-refractivity contribution in [3.8, 4) is 22.8 Å². The Bertz CT molecular complexity index is 862. The zero-order valence-electron chi connectivity index (χ0n) is 13.1. The number of benzene rings is 1. The molecule has 0 fully saturated rings. The lowest BCUT2D eigenvalue weighted by atomic mass is 10.0. The van der Waals surface area contributed by atoms with Gasteiger partial charge in [-0.1, -0.05) is 6.07 Å². The molecular formula is C17H17N5O. The molecule has 0 bridgehead atoms. The van der Waals surface area contributed by atoms with Crippen LogP contribution >= 0.6 is 0 Å². The van der Waals surface area contributed by atoms with Crippen molar-refractivity contribution in [1.29, 1.82) is 0 Å². The molecule has 6 nitrogen and oxygen atoms in total. The maximum absolute atomic E-state index is 5.95. The van der Waals surface area contributed by atoms with Gasteiger partial charge in [0, 0.05) is 23.7 Å². The minimum atomic E-state index is 0.211. The smallest absolute Gasteiger partial charge is 0.249 e. The van der Waals surface area contributed by atoms with E-state index in [2.05, 4.69) is 23.9 Å². The molecule has 3 aromatic rings. The van der Waals surface area contributed by atoms with Gasteiger partial charge in [-0.05, 0) is 38.5 Å². The van der Waals surface area contributed by atoms with E-state index in [1.54, 1.807) is 11.0 Å². The Hall–Kier alpha value is -2.63. The van der Waals surface area contributed by atoms with E-state index in [9.17, 15) is 0 Å². The average molecular weight is 307 g/mol. The lowest BCUT2D eigenvalue weighted by Crippen LogP contribution is -2.11. The van der Waals surface area contributed by atoms with Crippen LogP contribution in [-0.2, 0) is 6.42 Å². The Morgan fingerprint density at radius 2 is 2.13 bits per heavy atom. The fourth-order valence-electron chi connectivity index (χ4n) is 2.84. The third kappa shape index (κ3) is 2.30. The van der Waals surface area contributed by atoms with E-state index in [1.165, 1.54) is 0 Å². The summed E-state index contributed by atoms with van der Waals surface area (Å²) in [5.41, 5.74) is 3.69.